The number of imide groups is 1. The van der Waals surface area contributed by atoms with Crippen molar-refractivity contribution in [2.45, 2.75) is 44.8 Å². The third-order valence-corrected chi connectivity index (χ3v) is 6.31. The van der Waals surface area contributed by atoms with Crippen molar-refractivity contribution in [1.29, 1.82) is 0 Å². The van der Waals surface area contributed by atoms with Gasteiger partial charge in [0.25, 0.3) is 5.91 Å². The first kappa shape index (κ1) is 22.6. The maximum Gasteiger partial charge on any atom is 0.255 e. The van der Waals surface area contributed by atoms with Gasteiger partial charge in [0.05, 0.1) is 6.20 Å². The van der Waals surface area contributed by atoms with Gasteiger partial charge in [-0.1, -0.05) is 11.3 Å². The third kappa shape index (κ3) is 5.07. The summed E-state index contributed by atoms with van der Waals surface area (Å²) in [6.45, 7) is 1.86. The van der Waals surface area contributed by atoms with Crippen LogP contribution in [0.3, 0.4) is 0 Å². The van der Waals surface area contributed by atoms with E-state index in [9.17, 15) is 14.4 Å². The van der Waals surface area contributed by atoms with E-state index in [4.69, 9.17) is 0 Å². The maximum atomic E-state index is 12.9. The van der Waals surface area contributed by atoms with Gasteiger partial charge in [0, 0.05) is 64.1 Å². The number of carbonyl (C=O) groups excluding carboxylic acids is 3. The number of rotatable bonds is 7. The molecule has 1 aromatic carbocycles. The molecule has 2 aromatic rings. The summed E-state index contributed by atoms with van der Waals surface area (Å²) in [7, 11) is 1.41. The Kier molecular flexibility index (Phi) is 7.31. The molecule has 1 saturated heterocycles. The van der Waals surface area contributed by atoms with Gasteiger partial charge in [0.15, 0.2) is 5.69 Å². The summed E-state index contributed by atoms with van der Waals surface area (Å²) in [5.74, 6) is 2.08. The topological polar surface area (TPSA) is 109 Å². The van der Waals surface area contributed by atoms with Crippen molar-refractivity contribution in [2.75, 3.05) is 11.9 Å². The van der Waals surface area contributed by atoms with E-state index in [2.05, 4.69) is 53.3 Å². The summed E-state index contributed by atoms with van der Waals surface area (Å²) < 4.78 is 1.79. The highest BCUT2D eigenvalue weighted by Gasteiger charge is 2.39. The van der Waals surface area contributed by atoms with Crippen LogP contribution in [0.5, 0.6) is 0 Å². The average molecular weight is 564 g/mol. The van der Waals surface area contributed by atoms with Crippen molar-refractivity contribution >= 4 is 53.5 Å². The van der Waals surface area contributed by atoms with E-state index in [1.165, 1.54) is 8.93 Å². The molecule has 2 N–H and O–H groups in total. The number of carbonyl (C=O) groups is 3. The lowest BCUT2D eigenvalue weighted by Crippen LogP contribution is -2.52. The number of nitrogens with zero attached hydrogens (tertiary/aromatic N) is 4. The fraction of sp³-hybridized carbons (Fsp3) is 0.381. The van der Waals surface area contributed by atoms with Crippen LogP contribution in [-0.4, -0.2) is 50.2 Å². The highest BCUT2D eigenvalue weighted by atomic mass is 127. The largest absolute Gasteiger partial charge is 0.385 e. The molecule has 11 heteroatoms. The van der Waals surface area contributed by atoms with Gasteiger partial charge in [-0.25, -0.2) is 0 Å². The fourth-order valence-corrected chi connectivity index (χ4v) is 4.38. The van der Waals surface area contributed by atoms with Gasteiger partial charge < -0.3 is 10.2 Å². The van der Waals surface area contributed by atoms with Gasteiger partial charge in [-0.15, -0.1) is 5.10 Å². The van der Waals surface area contributed by atoms with Crippen molar-refractivity contribution in [1.82, 2.24) is 25.2 Å². The fourth-order valence-electron chi connectivity index (χ4n) is 3.91. The number of fused-ring (bicyclic) bond motifs is 1. The van der Waals surface area contributed by atoms with Crippen molar-refractivity contribution in [2.24, 2.45) is 0 Å². The van der Waals surface area contributed by atoms with Gasteiger partial charge in [-0.2, -0.15) is 0 Å². The van der Waals surface area contributed by atoms with Crippen LogP contribution in [0.2, 0.25) is 0 Å². The van der Waals surface area contributed by atoms with Crippen LogP contribution in [0.15, 0.2) is 24.4 Å². The van der Waals surface area contributed by atoms with E-state index in [1.807, 2.05) is 18.3 Å². The predicted molar refractivity (Wildman–Crippen MR) is 129 cm³/mol. The monoisotopic (exact) mass is 564 g/mol. The smallest absolute Gasteiger partial charge is 0.255 e. The van der Waals surface area contributed by atoms with Gasteiger partial charge >= 0.3 is 0 Å². The number of aromatic nitrogens is 3. The van der Waals surface area contributed by atoms with E-state index in [0.29, 0.717) is 24.2 Å². The number of hydrogen-bond donors (Lipinski definition) is 2. The normalized spacial score (nSPS) is 17.6. The summed E-state index contributed by atoms with van der Waals surface area (Å²) in [6.07, 6.45) is 4.28. The predicted octanol–water partition coefficient (Wildman–Crippen LogP) is 2.32. The number of aryl methyl sites for hydroxylation is 1. The second-order valence-electron chi connectivity index (χ2n) is 7.54. The number of hydrogen-bond acceptors (Lipinski definition) is 7. The summed E-state index contributed by atoms with van der Waals surface area (Å²) in [5.41, 5.74) is 3.08. The molecule has 166 valence electrons. The van der Waals surface area contributed by atoms with E-state index in [-0.39, 0.29) is 18.2 Å². The molecule has 1 atom stereocenters. The van der Waals surface area contributed by atoms with Crippen molar-refractivity contribution in [3.8, 4) is 11.2 Å². The molecule has 2 aliphatic rings. The third-order valence-electron chi connectivity index (χ3n) is 5.47. The van der Waals surface area contributed by atoms with E-state index >= 15 is 0 Å². The SMILES string of the molecule is O=C1CCC(N2Cc3c(NCCCCn4cc(C#CSI)nn4)cccc3C2=O)C(=O)N1. The van der Waals surface area contributed by atoms with Crippen LogP contribution in [0, 0.1) is 11.2 Å². The first-order chi connectivity index (χ1) is 15.6. The lowest BCUT2D eigenvalue weighted by molar-refractivity contribution is -0.136. The van der Waals surface area contributed by atoms with E-state index < -0.39 is 11.9 Å². The second-order valence-corrected chi connectivity index (χ2v) is 9.22. The molecule has 1 unspecified atom stereocenters. The van der Waals surface area contributed by atoms with Crippen LogP contribution >= 0.6 is 30.1 Å². The molecule has 0 radical (unpaired) electrons. The van der Waals surface area contributed by atoms with Crippen molar-refractivity contribution < 1.29 is 14.4 Å². The highest BCUT2D eigenvalue weighted by Crippen LogP contribution is 2.32. The molecular weight excluding hydrogens is 543 g/mol. The van der Waals surface area contributed by atoms with Crippen molar-refractivity contribution in [3.63, 3.8) is 0 Å². The summed E-state index contributed by atoms with van der Waals surface area (Å²) in [4.78, 5) is 38.1. The molecule has 0 bridgehead atoms. The summed E-state index contributed by atoms with van der Waals surface area (Å²) >= 11 is 2.11. The molecule has 0 saturated carbocycles. The Bertz CT molecular complexity index is 1110. The minimum absolute atomic E-state index is 0.163. The molecule has 0 spiro atoms. The zero-order valence-corrected chi connectivity index (χ0v) is 20.1. The molecular formula is C21H21IN6O3S. The standard InChI is InChI=1S/C21H21IN6O3S/c22-32-11-8-14-12-27(26-25-14)10-2-1-9-23-17-5-3-4-15-16(17)13-28(21(15)31)18-6-7-19(29)24-20(18)30/h3-5,12,18,23H,1-2,6-7,9-10,13H2,(H,24,29,30). The van der Waals surface area contributed by atoms with Crippen LogP contribution in [0.1, 0.15) is 47.3 Å². The van der Waals surface area contributed by atoms with Crippen LogP contribution < -0.4 is 10.6 Å². The number of unbranched alkanes of at least 4 members (excludes halogenated alkanes) is 1. The number of piperidine rings is 1. The molecule has 1 fully saturated rings. The first-order valence-corrected chi connectivity index (χ1v) is 13.6. The summed E-state index contributed by atoms with van der Waals surface area (Å²) in [6, 6.07) is 4.98. The molecule has 0 aliphatic carbocycles. The molecule has 2 aliphatic heterocycles. The van der Waals surface area contributed by atoms with Gasteiger partial charge in [-0.05, 0) is 51.5 Å². The minimum atomic E-state index is -0.604. The number of amides is 3. The Morgan fingerprint density at radius 2 is 2.16 bits per heavy atom. The van der Waals surface area contributed by atoms with Crippen molar-refractivity contribution in [3.05, 3.63) is 41.2 Å². The molecule has 32 heavy (non-hydrogen) atoms. The van der Waals surface area contributed by atoms with Gasteiger partial charge in [0.2, 0.25) is 11.8 Å². The quantitative estimate of drug-likeness (QED) is 0.230. The lowest BCUT2D eigenvalue weighted by Gasteiger charge is -2.29. The second kappa shape index (κ2) is 10.4. The highest BCUT2D eigenvalue weighted by molar-refractivity contribution is 14.2. The molecule has 1 aromatic heterocycles. The van der Waals surface area contributed by atoms with E-state index in [0.717, 1.165) is 37.2 Å². The molecule has 3 amide bonds. The number of halogens is 1. The number of nitrogens with one attached hydrogen (secondary N) is 2. The lowest BCUT2D eigenvalue weighted by atomic mass is 10.0. The van der Waals surface area contributed by atoms with Crippen LogP contribution in [-0.2, 0) is 22.7 Å². The van der Waals surface area contributed by atoms with Crippen LogP contribution in [0.4, 0.5) is 5.69 Å². The minimum Gasteiger partial charge on any atom is -0.385 e. The Morgan fingerprint density at radius 3 is 2.97 bits per heavy atom. The first-order valence-electron chi connectivity index (χ1n) is 10.3. The Hall–Kier alpha value is -2.59. The number of benzene rings is 1. The van der Waals surface area contributed by atoms with Gasteiger partial charge in [-0.3, -0.25) is 24.4 Å². The number of anilines is 1. The Labute approximate surface area is 201 Å². The molecule has 4 rings (SSSR count). The Morgan fingerprint density at radius 1 is 1.28 bits per heavy atom. The molecule has 3 heterocycles. The maximum absolute atomic E-state index is 12.9. The average Bonchev–Trinajstić information content (AvgIpc) is 3.37. The molecule has 9 nitrogen and oxygen atoms in total. The zero-order valence-electron chi connectivity index (χ0n) is 17.1. The zero-order chi connectivity index (χ0) is 22.5. The summed E-state index contributed by atoms with van der Waals surface area (Å²) in [5, 5.41) is 16.7. The Balaban J connectivity index is 1.30. The van der Waals surface area contributed by atoms with Gasteiger partial charge in [0.1, 0.15) is 6.04 Å². The van der Waals surface area contributed by atoms with E-state index in [1.54, 1.807) is 15.6 Å². The van der Waals surface area contributed by atoms with Crippen LogP contribution in [0.25, 0.3) is 0 Å².